The molecule has 0 saturated carbocycles. The van der Waals surface area contributed by atoms with Crippen LogP contribution in [0.25, 0.3) is 5.31 Å². The van der Waals surface area contributed by atoms with Crippen LogP contribution in [-0.2, 0) is 20.3 Å². The van der Waals surface area contributed by atoms with Crippen LogP contribution >= 0.6 is 7.14 Å². The van der Waals surface area contributed by atoms with Gasteiger partial charge in [-0.25, -0.2) is 0 Å². The molecule has 3 rings (SSSR count). The van der Waals surface area contributed by atoms with E-state index in [1.807, 2.05) is 60.7 Å². The largest absolute Gasteiger partial charge is 0.511 e. The minimum atomic E-state index is -3.19. The molecule has 1 heterocycles. The Bertz CT molecular complexity index is 900. The summed E-state index contributed by atoms with van der Waals surface area (Å²) >= 11 is 0. The number of rotatable bonds is 5. The summed E-state index contributed by atoms with van der Waals surface area (Å²) in [4.78, 5) is 12.7. The van der Waals surface area contributed by atoms with Gasteiger partial charge < -0.3 is 14.4 Å². The molecular weight excluding hydrogens is 359 g/mol. The van der Waals surface area contributed by atoms with Gasteiger partial charge in [-0.05, 0) is 18.1 Å². The predicted molar refractivity (Wildman–Crippen MR) is 108 cm³/mol. The summed E-state index contributed by atoms with van der Waals surface area (Å²) in [5.74, 6) is -1.59. The lowest BCUT2D eigenvalue weighted by Gasteiger charge is -2.33. The van der Waals surface area contributed by atoms with Gasteiger partial charge in [0.2, 0.25) is 0 Å². The highest BCUT2D eigenvalue weighted by atomic mass is 31.2. The Labute approximate surface area is 160 Å². The van der Waals surface area contributed by atoms with Crippen molar-refractivity contribution >= 4 is 18.4 Å². The average molecular weight is 384 g/mol. The van der Waals surface area contributed by atoms with E-state index in [0.717, 1.165) is 5.56 Å². The lowest BCUT2D eigenvalue weighted by Crippen LogP contribution is -2.35. The molecule has 0 spiro atoms. The van der Waals surface area contributed by atoms with Gasteiger partial charge in [0.25, 0.3) is 0 Å². The fourth-order valence-corrected chi connectivity index (χ4v) is 7.43. The van der Waals surface area contributed by atoms with Crippen LogP contribution in [0.5, 0.6) is 0 Å². The Morgan fingerprint density at radius 1 is 1.07 bits per heavy atom. The Hall–Kier alpha value is -2.32. The first-order valence-electron chi connectivity index (χ1n) is 9.11. The van der Waals surface area contributed by atoms with Crippen molar-refractivity contribution in [2.24, 2.45) is 5.92 Å². The van der Waals surface area contributed by atoms with Crippen molar-refractivity contribution in [3.63, 3.8) is 0 Å². The maximum Gasteiger partial charge on any atom is 0.317 e. The van der Waals surface area contributed by atoms with Crippen LogP contribution in [0.2, 0.25) is 0 Å². The van der Waals surface area contributed by atoms with Crippen molar-refractivity contribution in [3.8, 4) is 0 Å². The van der Waals surface area contributed by atoms with E-state index in [4.69, 9.17) is 4.74 Å². The zero-order valence-electron chi connectivity index (χ0n) is 15.9. The number of ether oxygens (including phenoxy) is 1. The van der Waals surface area contributed by atoms with Crippen molar-refractivity contribution in [1.29, 1.82) is 0 Å². The Morgan fingerprint density at radius 3 is 2.19 bits per heavy atom. The normalized spacial score (nSPS) is 24.0. The van der Waals surface area contributed by atoms with Crippen molar-refractivity contribution in [2.75, 3.05) is 6.61 Å². The molecule has 4 nitrogen and oxygen atoms in total. The molecule has 2 aromatic rings. The summed E-state index contributed by atoms with van der Waals surface area (Å²) in [6.45, 7) is 5.53. The van der Waals surface area contributed by atoms with E-state index in [1.165, 1.54) is 0 Å². The molecule has 0 aliphatic carbocycles. The minimum absolute atomic E-state index is 0.121. The molecule has 5 heteroatoms. The maximum absolute atomic E-state index is 14.5. The molecule has 1 aliphatic rings. The van der Waals surface area contributed by atoms with Gasteiger partial charge in [0.1, 0.15) is 18.8 Å². The van der Waals surface area contributed by atoms with Crippen molar-refractivity contribution in [3.05, 3.63) is 77.5 Å². The molecule has 0 radical (unpaired) electrons. The molecule has 0 fully saturated rings. The SMILES string of the molecule is CCOC(=O)[C@H]1C(O)=C(c2ccccc2)[P@@](=O)(Cc2ccccc2)C1(C)C. The fraction of sp³-hybridized carbons (Fsp3) is 0.318. The van der Waals surface area contributed by atoms with Gasteiger partial charge in [0.15, 0.2) is 0 Å². The lowest BCUT2D eigenvalue weighted by atomic mass is 9.92. The van der Waals surface area contributed by atoms with E-state index in [1.54, 1.807) is 20.8 Å². The van der Waals surface area contributed by atoms with Gasteiger partial charge in [-0.2, -0.15) is 0 Å². The second-order valence-electron chi connectivity index (χ2n) is 7.32. The molecule has 1 aliphatic heterocycles. The van der Waals surface area contributed by atoms with Crippen LogP contribution < -0.4 is 0 Å². The lowest BCUT2D eigenvalue weighted by molar-refractivity contribution is -0.148. The Kier molecular flexibility index (Phi) is 5.30. The van der Waals surface area contributed by atoms with Crippen LogP contribution in [0.1, 0.15) is 31.9 Å². The summed E-state index contributed by atoms with van der Waals surface area (Å²) in [6.07, 6.45) is 0.283. The molecule has 0 bridgehead atoms. The van der Waals surface area contributed by atoms with Gasteiger partial charge in [-0.15, -0.1) is 0 Å². The van der Waals surface area contributed by atoms with Crippen LogP contribution in [0.3, 0.4) is 0 Å². The third-order valence-electron chi connectivity index (χ3n) is 5.33. The number of carbonyl (C=O) groups is 1. The van der Waals surface area contributed by atoms with Crippen molar-refractivity contribution in [2.45, 2.75) is 32.1 Å². The van der Waals surface area contributed by atoms with Gasteiger partial charge in [0, 0.05) is 11.3 Å². The van der Waals surface area contributed by atoms with Crippen LogP contribution in [0.4, 0.5) is 0 Å². The quantitative estimate of drug-likeness (QED) is 0.550. The standard InChI is InChI=1S/C22H25O4P/c1-4-26-21(24)18-19(23)20(17-13-9-6-10-14-17)27(25,22(18,2)3)15-16-11-7-5-8-12-16/h5-14,18,23H,4,15H2,1-3H3/t18-,27+/m1/s1. The predicted octanol–water partition coefficient (Wildman–Crippen LogP) is 5.45. The first kappa shape index (κ1) is 19.4. The molecule has 0 unspecified atom stereocenters. The zero-order valence-corrected chi connectivity index (χ0v) is 16.8. The molecule has 27 heavy (non-hydrogen) atoms. The molecule has 0 aromatic heterocycles. The Morgan fingerprint density at radius 2 is 1.63 bits per heavy atom. The smallest absolute Gasteiger partial charge is 0.317 e. The van der Waals surface area contributed by atoms with Crippen LogP contribution in [0, 0.1) is 5.92 Å². The summed E-state index contributed by atoms with van der Waals surface area (Å²) in [7, 11) is -3.19. The highest BCUT2D eigenvalue weighted by Gasteiger charge is 2.60. The monoisotopic (exact) mass is 384 g/mol. The van der Waals surface area contributed by atoms with Crippen molar-refractivity contribution in [1.82, 2.24) is 0 Å². The third kappa shape index (κ3) is 3.23. The summed E-state index contributed by atoms with van der Waals surface area (Å²) < 4.78 is 19.7. The number of aliphatic hydroxyl groups is 1. The average Bonchev–Trinajstić information content (AvgIpc) is 2.78. The molecule has 2 aromatic carbocycles. The van der Waals surface area contributed by atoms with E-state index in [9.17, 15) is 14.5 Å². The van der Waals surface area contributed by atoms with E-state index < -0.39 is 24.2 Å². The summed E-state index contributed by atoms with van der Waals surface area (Å²) in [5, 5.41) is 10.5. The number of hydrogen-bond acceptors (Lipinski definition) is 4. The topological polar surface area (TPSA) is 63.6 Å². The summed E-state index contributed by atoms with van der Waals surface area (Å²) in [5.41, 5.74) is 1.61. The van der Waals surface area contributed by atoms with Gasteiger partial charge in [-0.3, -0.25) is 4.79 Å². The first-order chi connectivity index (χ1) is 12.8. The minimum Gasteiger partial charge on any atom is -0.511 e. The van der Waals surface area contributed by atoms with Crippen molar-refractivity contribution < 1.29 is 19.2 Å². The second kappa shape index (κ2) is 7.36. The van der Waals surface area contributed by atoms with E-state index in [2.05, 4.69) is 0 Å². The number of hydrogen-bond donors (Lipinski definition) is 1. The first-order valence-corrected chi connectivity index (χ1v) is 11.0. The van der Waals surface area contributed by atoms with Crippen LogP contribution in [-0.4, -0.2) is 22.8 Å². The molecular formula is C22H25O4P. The molecule has 0 amide bonds. The second-order valence-corrected chi connectivity index (χ2v) is 10.7. The summed E-state index contributed by atoms with van der Waals surface area (Å²) in [6, 6.07) is 18.8. The highest BCUT2D eigenvalue weighted by molar-refractivity contribution is 7.75. The molecule has 1 N–H and O–H groups in total. The molecule has 142 valence electrons. The van der Waals surface area contributed by atoms with E-state index in [0.29, 0.717) is 10.9 Å². The van der Waals surface area contributed by atoms with E-state index >= 15 is 0 Å². The van der Waals surface area contributed by atoms with E-state index in [-0.39, 0.29) is 18.5 Å². The number of aliphatic hydroxyl groups excluding tert-OH is 1. The van der Waals surface area contributed by atoms with Crippen LogP contribution in [0.15, 0.2) is 66.4 Å². The molecule has 2 atom stereocenters. The highest BCUT2D eigenvalue weighted by Crippen LogP contribution is 2.77. The van der Waals surface area contributed by atoms with Gasteiger partial charge >= 0.3 is 5.97 Å². The van der Waals surface area contributed by atoms with Gasteiger partial charge in [-0.1, -0.05) is 74.5 Å². The van der Waals surface area contributed by atoms with Gasteiger partial charge in [0.05, 0.1) is 11.9 Å². The number of esters is 1. The number of carbonyl (C=O) groups excluding carboxylic acids is 1. The number of benzene rings is 2. The Balaban J connectivity index is 2.19. The fourth-order valence-electron chi connectivity index (χ4n) is 3.85. The third-order valence-corrected chi connectivity index (χ3v) is 9.47. The maximum atomic E-state index is 14.5. The molecule has 0 saturated heterocycles. The zero-order chi connectivity index (χ0) is 19.7.